The van der Waals surface area contributed by atoms with E-state index in [1.54, 1.807) is 9.80 Å². The van der Waals surface area contributed by atoms with Crippen LogP contribution in [0.3, 0.4) is 0 Å². The molecule has 0 radical (unpaired) electrons. The Bertz CT molecular complexity index is 730. The lowest BCUT2D eigenvalue weighted by molar-refractivity contribution is -0.140. The molecule has 1 aliphatic heterocycles. The molecule has 1 N–H and O–H groups in total. The molecule has 2 heterocycles. The van der Waals surface area contributed by atoms with E-state index in [-0.39, 0.29) is 11.8 Å². The number of amides is 2. The van der Waals surface area contributed by atoms with Gasteiger partial charge in [0.2, 0.25) is 11.8 Å². The molecule has 1 saturated heterocycles. The van der Waals surface area contributed by atoms with Gasteiger partial charge in [-0.2, -0.15) is 0 Å². The molecule has 6 nitrogen and oxygen atoms in total. The minimum atomic E-state index is -0.468. The molecule has 1 fully saturated rings. The van der Waals surface area contributed by atoms with E-state index in [2.05, 4.69) is 0 Å². The molecule has 0 bridgehead atoms. The molecule has 0 atom stereocenters. The average molecular weight is 315 g/mol. The quantitative estimate of drug-likeness (QED) is 0.891. The van der Waals surface area contributed by atoms with Gasteiger partial charge in [0.05, 0.1) is 6.42 Å². The van der Waals surface area contributed by atoms with Crippen LogP contribution in [0.1, 0.15) is 5.56 Å². The summed E-state index contributed by atoms with van der Waals surface area (Å²) in [5.74, 6) is -0.191. The highest BCUT2D eigenvalue weighted by Crippen LogP contribution is 2.21. The van der Waals surface area contributed by atoms with Crippen molar-refractivity contribution in [2.45, 2.75) is 6.42 Å². The van der Waals surface area contributed by atoms with E-state index in [9.17, 15) is 9.59 Å². The first kappa shape index (κ1) is 15.6. The molecule has 2 aromatic rings. The maximum Gasteiger partial charge on any atom is 0.248 e. The minimum Gasteiger partial charge on any atom is -0.387 e. The fraction of sp³-hybridized carbons (Fsp3) is 0.412. The van der Waals surface area contributed by atoms with Gasteiger partial charge in [0, 0.05) is 50.3 Å². The van der Waals surface area contributed by atoms with Crippen LogP contribution in [0.5, 0.6) is 0 Å². The Hall–Kier alpha value is -2.34. The highest BCUT2D eigenvalue weighted by atomic mass is 16.3. The average Bonchev–Trinajstić information content (AvgIpc) is 2.90. The smallest absolute Gasteiger partial charge is 0.248 e. The van der Waals surface area contributed by atoms with Gasteiger partial charge in [0.15, 0.2) is 0 Å². The monoisotopic (exact) mass is 315 g/mol. The highest BCUT2D eigenvalue weighted by Gasteiger charge is 2.24. The van der Waals surface area contributed by atoms with Crippen LogP contribution >= 0.6 is 0 Å². The second-order valence-corrected chi connectivity index (χ2v) is 5.88. The van der Waals surface area contributed by atoms with E-state index >= 15 is 0 Å². The molecule has 1 aromatic carbocycles. The van der Waals surface area contributed by atoms with Gasteiger partial charge in [-0.3, -0.25) is 9.59 Å². The standard InChI is InChI=1S/C17H21N3O3/c1-18-11-13(14-4-2-3-5-15(14)18)10-16(22)19-6-8-20(9-7-19)17(23)12-21/h2-5,11,21H,6-10,12H2,1H3. The lowest BCUT2D eigenvalue weighted by Crippen LogP contribution is -2.51. The maximum absolute atomic E-state index is 12.5. The van der Waals surface area contributed by atoms with Crippen molar-refractivity contribution in [2.24, 2.45) is 7.05 Å². The molecular formula is C17H21N3O3. The number of hydrogen-bond donors (Lipinski definition) is 1. The second-order valence-electron chi connectivity index (χ2n) is 5.88. The Balaban J connectivity index is 1.67. The van der Waals surface area contributed by atoms with Crippen LogP contribution < -0.4 is 0 Å². The predicted molar refractivity (Wildman–Crippen MR) is 86.9 cm³/mol. The summed E-state index contributed by atoms with van der Waals surface area (Å²) in [7, 11) is 1.98. The molecule has 1 aliphatic rings. The van der Waals surface area contributed by atoms with Crippen molar-refractivity contribution in [3.63, 3.8) is 0 Å². The maximum atomic E-state index is 12.5. The van der Waals surface area contributed by atoms with Crippen LogP contribution in [0.2, 0.25) is 0 Å². The molecule has 122 valence electrons. The summed E-state index contributed by atoms with van der Waals surface area (Å²) in [5.41, 5.74) is 2.15. The van der Waals surface area contributed by atoms with E-state index in [4.69, 9.17) is 5.11 Å². The molecular weight excluding hydrogens is 294 g/mol. The van der Waals surface area contributed by atoms with Crippen LogP contribution in [0.15, 0.2) is 30.5 Å². The lowest BCUT2D eigenvalue weighted by Gasteiger charge is -2.34. The zero-order valence-electron chi connectivity index (χ0n) is 13.2. The number of hydrogen-bond acceptors (Lipinski definition) is 3. The summed E-state index contributed by atoms with van der Waals surface area (Å²) in [6.45, 7) is 1.55. The van der Waals surface area contributed by atoms with Crippen molar-refractivity contribution < 1.29 is 14.7 Å². The van der Waals surface area contributed by atoms with Gasteiger partial charge in [0.1, 0.15) is 6.61 Å². The first-order valence-corrected chi connectivity index (χ1v) is 7.79. The van der Waals surface area contributed by atoms with Crippen molar-refractivity contribution in [1.29, 1.82) is 0 Å². The number of aliphatic hydroxyl groups excluding tert-OH is 1. The van der Waals surface area contributed by atoms with Gasteiger partial charge in [-0.05, 0) is 11.6 Å². The fourth-order valence-electron chi connectivity index (χ4n) is 3.15. The van der Waals surface area contributed by atoms with Gasteiger partial charge < -0.3 is 19.5 Å². The number of aliphatic hydroxyl groups is 1. The van der Waals surface area contributed by atoms with E-state index in [1.807, 2.05) is 42.1 Å². The molecule has 0 aliphatic carbocycles. The van der Waals surface area contributed by atoms with Crippen LogP contribution in [0.25, 0.3) is 10.9 Å². The number of piperazine rings is 1. The molecule has 6 heteroatoms. The third kappa shape index (κ3) is 3.07. The van der Waals surface area contributed by atoms with E-state index in [0.717, 1.165) is 16.5 Å². The van der Waals surface area contributed by atoms with Gasteiger partial charge >= 0.3 is 0 Å². The number of nitrogens with zero attached hydrogens (tertiary/aromatic N) is 3. The third-order valence-corrected chi connectivity index (χ3v) is 4.44. The summed E-state index contributed by atoms with van der Waals surface area (Å²) in [6.07, 6.45) is 2.38. The van der Waals surface area contributed by atoms with Crippen LogP contribution in [-0.4, -0.2) is 64.1 Å². The Morgan fingerprint density at radius 1 is 1.04 bits per heavy atom. The van der Waals surface area contributed by atoms with Crippen molar-refractivity contribution >= 4 is 22.7 Å². The SMILES string of the molecule is Cn1cc(CC(=O)N2CCN(C(=O)CO)CC2)c2ccccc21. The lowest BCUT2D eigenvalue weighted by atomic mass is 10.1. The number of aryl methyl sites for hydroxylation is 1. The molecule has 0 saturated carbocycles. The highest BCUT2D eigenvalue weighted by molar-refractivity contribution is 5.89. The molecule has 0 unspecified atom stereocenters. The Morgan fingerprint density at radius 2 is 1.65 bits per heavy atom. The number of rotatable bonds is 3. The first-order chi connectivity index (χ1) is 11.1. The number of para-hydroxylation sites is 1. The van der Waals surface area contributed by atoms with E-state index in [0.29, 0.717) is 32.6 Å². The Labute approximate surface area is 134 Å². The summed E-state index contributed by atoms with van der Waals surface area (Å²) in [4.78, 5) is 27.4. The molecule has 3 rings (SSSR count). The van der Waals surface area contributed by atoms with Crippen LogP contribution in [0.4, 0.5) is 0 Å². The van der Waals surface area contributed by atoms with Crippen LogP contribution in [0, 0.1) is 0 Å². The number of benzene rings is 1. The van der Waals surface area contributed by atoms with Gasteiger partial charge in [-0.1, -0.05) is 18.2 Å². The first-order valence-electron chi connectivity index (χ1n) is 7.79. The van der Waals surface area contributed by atoms with Gasteiger partial charge in [-0.15, -0.1) is 0 Å². The second kappa shape index (κ2) is 6.42. The van der Waals surface area contributed by atoms with Gasteiger partial charge in [0.25, 0.3) is 0 Å². The van der Waals surface area contributed by atoms with E-state index in [1.165, 1.54) is 0 Å². The minimum absolute atomic E-state index is 0.0810. The fourth-order valence-corrected chi connectivity index (χ4v) is 3.15. The predicted octanol–water partition coefficient (Wildman–Crippen LogP) is 0.384. The molecule has 1 aromatic heterocycles. The number of aromatic nitrogens is 1. The summed E-state index contributed by atoms with van der Waals surface area (Å²) in [5, 5.41) is 9.99. The normalized spacial score (nSPS) is 15.2. The van der Waals surface area contributed by atoms with Crippen LogP contribution in [-0.2, 0) is 23.1 Å². The third-order valence-electron chi connectivity index (χ3n) is 4.44. The van der Waals surface area contributed by atoms with Crippen molar-refractivity contribution in [3.05, 3.63) is 36.0 Å². The van der Waals surface area contributed by atoms with E-state index < -0.39 is 6.61 Å². The van der Waals surface area contributed by atoms with Gasteiger partial charge in [-0.25, -0.2) is 0 Å². The Kier molecular flexibility index (Phi) is 4.34. The molecule has 0 spiro atoms. The summed E-state index contributed by atoms with van der Waals surface area (Å²) < 4.78 is 2.04. The number of carbonyl (C=O) groups is 2. The van der Waals surface area contributed by atoms with Crippen molar-refractivity contribution in [1.82, 2.24) is 14.4 Å². The summed E-state index contributed by atoms with van der Waals surface area (Å²) >= 11 is 0. The zero-order chi connectivity index (χ0) is 16.4. The number of fused-ring (bicyclic) bond motifs is 1. The molecule has 23 heavy (non-hydrogen) atoms. The van der Waals surface area contributed by atoms with Crippen molar-refractivity contribution in [2.75, 3.05) is 32.8 Å². The largest absolute Gasteiger partial charge is 0.387 e. The number of carbonyl (C=O) groups excluding carboxylic acids is 2. The van der Waals surface area contributed by atoms with Crippen molar-refractivity contribution in [3.8, 4) is 0 Å². The topological polar surface area (TPSA) is 65.8 Å². The summed E-state index contributed by atoms with van der Waals surface area (Å²) in [6, 6.07) is 8.05. The zero-order valence-corrected chi connectivity index (χ0v) is 13.2. The Morgan fingerprint density at radius 3 is 2.30 bits per heavy atom. The molecule has 2 amide bonds.